The van der Waals surface area contributed by atoms with Crippen molar-refractivity contribution < 1.29 is 5.11 Å². The Bertz CT molecular complexity index is 452. The van der Waals surface area contributed by atoms with Crippen molar-refractivity contribution in [3.8, 4) is 0 Å². The summed E-state index contributed by atoms with van der Waals surface area (Å²) in [6.45, 7) is 0. The Morgan fingerprint density at radius 1 is 1.33 bits per heavy atom. The predicted octanol–water partition coefficient (Wildman–Crippen LogP) is 4.45. The van der Waals surface area contributed by atoms with Crippen LogP contribution in [-0.2, 0) is 6.42 Å². The van der Waals surface area contributed by atoms with E-state index < -0.39 is 0 Å². The smallest absolute Gasteiger partial charge is 0.0846 e. The molecule has 15 heavy (non-hydrogen) atoms. The Labute approximate surface area is 118 Å². The summed E-state index contributed by atoms with van der Waals surface area (Å²) in [6, 6.07) is 4.10. The van der Waals surface area contributed by atoms with Crippen LogP contribution in [0.4, 0.5) is 0 Å². The standard InChI is InChI=1S/C10H8BrIOS2/c11-7-2-8(14-5-7)3-9(13)6-1-10(12)15-4-6/h1-2,4-5,9,13H,3H2. The molecule has 1 unspecified atom stereocenters. The molecule has 0 saturated carbocycles. The van der Waals surface area contributed by atoms with Gasteiger partial charge in [0.15, 0.2) is 0 Å². The van der Waals surface area contributed by atoms with Crippen LogP contribution < -0.4 is 0 Å². The first-order valence-corrected chi connectivity index (χ1v) is 7.93. The predicted molar refractivity (Wildman–Crippen MR) is 77.7 cm³/mol. The maximum Gasteiger partial charge on any atom is 0.0846 e. The number of thiophene rings is 2. The van der Waals surface area contributed by atoms with Crippen LogP contribution in [0.25, 0.3) is 0 Å². The average Bonchev–Trinajstić information content (AvgIpc) is 2.75. The van der Waals surface area contributed by atoms with Crippen molar-refractivity contribution in [3.05, 3.63) is 40.7 Å². The quantitative estimate of drug-likeness (QED) is 0.735. The summed E-state index contributed by atoms with van der Waals surface area (Å²) in [5, 5.41) is 14.1. The number of hydrogen-bond donors (Lipinski definition) is 1. The molecule has 0 aliphatic heterocycles. The second-order valence-corrected chi connectivity index (χ2v) is 7.85. The third-order valence-electron chi connectivity index (χ3n) is 1.99. The van der Waals surface area contributed by atoms with E-state index in [0.717, 1.165) is 10.0 Å². The monoisotopic (exact) mass is 414 g/mol. The lowest BCUT2D eigenvalue weighted by Crippen LogP contribution is -1.98. The highest BCUT2D eigenvalue weighted by atomic mass is 127. The van der Waals surface area contributed by atoms with Gasteiger partial charge in [-0.25, -0.2) is 0 Å². The van der Waals surface area contributed by atoms with Gasteiger partial charge in [-0.1, -0.05) is 0 Å². The van der Waals surface area contributed by atoms with Crippen LogP contribution >= 0.6 is 61.2 Å². The number of halogens is 2. The van der Waals surface area contributed by atoms with Gasteiger partial charge in [-0.15, -0.1) is 22.7 Å². The number of aliphatic hydroxyl groups excluding tert-OH is 1. The Hall–Kier alpha value is 0.570. The van der Waals surface area contributed by atoms with Crippen molar-refractivity contribution in [3.63, 3.8) is 0 Å². The zero-order valence-electron chi connectivity index (χ0n) is 7.61. The number of aliphatic hydroxyl groups is 1. The minimum Gasteiger partial charge on any atom is -0.388 e. The van der Waals surface area contributed by atoms with Crippen molar-refractivity contribution in [2.24, 2.45) is 0 Å². The molecule has 1 N–H and O–H groups in total. The average molecular weight is 415 g/mol. The lowest BCUT2D eigenvalue weighted by molar-refractivity contribution is 0.180. The van der Waals surface area contributed by atoms with E-state index in [4.69, 9.17) is 0 Å². The summed E-state index contributed by atoms with van der Waals surface area (Å²) in [7, 11) is 0. The summed E-state index contributed by atoms with van der Waals surface area (Å²) in [5.74, 6) is 0. The van der Waals surface area contributed by atoms with Crippen molar-refractivity contribution in [1.29, 1.82) is 0 Å². The Morgan fingerprint density at radius 3 is 2.67 bits per heavy atom. The van der Waals surface area contributed by atoms with E-state index in [1.807, 2.05) is 16.8 Å². The van der Waals surface area contributed by atoms with Crippen LogP contribution in [-0.4, -0.2) is 5.11 Å². The second-order valence-electron chi connectivity index (χ2n) is 3.14. The fourth-order valence-corrected chi connectivity index (χ4v) is 4.18. The van der Waals surface area contributed by atoms with Crippen molar-refractivity contribution >= 4 is 61.2 Å². The highest BCUT2D eigenvalue weighted by Gasteiger charge is 2.11. The van der Waals surface area contributed by atoms with E-state index in [9.17, 15) is 5.11 Å². The Morgan fingerprint density at radius 2 is 2.13 bits per heavy atom. The van der Waals surface area contributed by atoms with Crippen molar-refractivity contribution in [2.45, 2.75) is 12.5 Å². The molecule has 2 aromatic heterocycles. The van der Waals surface area contributed by atoms with Gasteiger partial charge in [0.25, 0.3) is 0 Å². The normalized spacial score (nSPS) is 13.0. The molecule has 1 nitrogen and oxygen atoms in total. The molecule has 0 amide bonds. The van der Waals surface area contributed by atoms with Crippen molar-refractivity contribution in [2.75, 3.05) is 0 Å². The van der Waals surface area contributed by atoms with Gasteiger partial charge < -0.3 is 5.11 Å². The molecule has 0 fully saturated rings. The topological polar surface area (TPSA) is 20.2 Å². The molecule has 2 rings (SSSR count). The van der Waals surface area contributed by atoms with E-state index in [2.05, 4.69) is 44.6 Å². The summed E-state index contributed by atoms with van der Waals surface area (Å²) in [5.41, 5.74) is 1.02. The third-order valence-corrected chi connectivity index (χ3v) is 5.52. The zero-order chi connectivity index (χ0) is 10.8. The lowest BCUT2D eigenvalue weighted by Gasteiger charge is -2.06. The second kappa shape index (κ2) is 5.27. The molecular weight excluding hydrogens is 407 g/mol. The molecular formula is C10H8BrIOS2. The summed E-state index contributed by atoms with van der Waals surface area (Å²) in [4.78, 5) is 1.20. The molecule has 5 heteroatoms. The van der Waals surface area contributed by atoms with Crippen LogP contribution in [0.5, 0.6) is 0 Å². The van der Waals surface area contributed by atoms with Gasteiger partial charge in [0, 0.05) is 21.2 Å². The van der Waals surface area contributed by atoms with E-state index >= 15 is 0 Å². The summed E-state index contributed by atoms with van der Waals surface area (Å²) >= 11 is 9.03. The Balaban J connectivity index is 2.06. The van der Waals surface area contributed by atoms with E-state index in [1.165, 1.54) is 7.76 Å². The molecule has 0 aromatic carbocycles. The minimum absolute atomic E-state index is 0.379. The van der Waals surface area contributed by atoms with Crippen LogP contribution in [0.3, 0.4) is 0 Å². The van der Waals surface area contributed by atoms with Gasteiger partial charge in [-0.05, 0) is 61.6 Å². The number of hydrogen-bond acceptors (Lipinski definition) is 3. The van der Waals surface area contributed by atoms with Gasteiger partial charge >= 0.3 is 0 Å². The first-order chi connectivity index (χ1) is 7.15. The van der Waals surface area contributed by atoms with Gasteiger partial charge in [0.2, 0.25) is 0 Å². The van der Waals surface area contributed by atoms with E-state index in [1.54, 1.807) is 22.7 Å². The van der Waals surface area contributed by atoms with Crippen LogP contribution in [0.1, 0.15) is 16.5 Å². The SMILES string of the molecule is OC(Cc1cc(Br)cs1)c1csc(I)c1. The van der Waals surface area contributed by atoms with Crippen molar-refractivity contribution in [1.82, 2.24) is 0 Å². The first kappa shape index (κ1) is 12.0. The molecule has 0 radical (unpaired) electrons. The van der Waals surface area contributed by atoms with Gasteiger partial charge in [-0.2, -0.15) is 0 Å². The minimum atomic E-state index is -0.379. The molecule has 0 spiro atoms. The van der Waals surface area contributed by atoms with Gasteiger partial charge in [-0.3, -0.25) is 0 Å². The van der Waals surface area contributed by atoms with E-state index in [0.29, 0.717) is 6.42 Å². The van der Waals surface area contributed by atoms with Crippen LogP contribution in [0.15, 0.2) is 27.4 Å². The van der Waals surface area contributed by atoms with Crippen LogP contribution in [0.2, 0.25) is 0 Å². The molecule has 0 aliphatic rings. The maximum atomic E-state index is 9.99. The zero-order valence-corrected chi connectivity index (χ0v) is 13.0. The Kier molecular flexibility index (Phi) is 4.23. The third kappa shape index (κ3) is 3.26. The summed E-state index contributed by atoms with van der Waals surface area (Å²) in [6.07, 6.45) is 0.318. The number of rotatable bonds is 3. The van der Waals surface area contributed by atoms with E-state index in [-0.39, 0.29) is 6.10 Å². The molecule has 2 heterocycles. The highest BCUT2D eigenvalue weighted by Crippen LogP contribution is 2.28. The molecule has 0 aliphatic carbocycles. The maximum absolute atomic E-state index is 9.99. The van der Waals surface area contributed by atoms with Gasteiger partial charge in [0.05, 0.1) is 8.99 Å². The fourth-order valence-electron chi connectivity index (χ4n) is 1.27. The summed E-state index contributed by atoms with van der Waals surface area (Å²) < 4.78 is 2.31. The fraction of sp³-hybridized carbons (Fsp3) is 0.200. The first-order valence-electron chi connectivity index (χ1n) is 4.30. The molecule has 0 saturated heterocycles. The molecule has 1 atom stereocenters. The van der Waals surface area contributed by atoms with Crippen LogP contribution in [0, 0.1) is 2.88 Å². The molecule has 2 aromatic rings. The largest absolute Gasteiger partial charge is 0.388 e. The highest BCUT2D eigenvalue weighted by molar-refractivity contribution is 14.1. The molecule has 0 bridgehead atoms. The lowest BCUT2D eigenvalue weighted by atomic mass is 10.1. The molecule has 80 valence electrons. The van der Waals surface area contributed by atoms with Gasteiger partial charge in [0.1, 0.15) is 0 Å².